The van der Waals surface area contributed by atoms with Gasteiger partial charge in [0.1, 0.15) is 18.1 Å². The number of aryl methyl sites for hydroxylation is 2. The van der Waals surface area contributed by atoms with E-state index in [1.807, 2.05) is 34.2 Å². The monoisotopic (exact) mass is 368 g/mol. The largest absolute Gasteiger partial charge is 0.440 e. The molecular weight excluding hydrogens is 344 g/mol. The van der Waals surface area contributed by atoms with Gasteiger partial charge in [-0.05, 0) is 27.7 Å². The molecule has 0 aromatic carbocycles. The van der Waals surface area contributed by atoms with Gasteiger partial charge < -0.3 is 13.9 Å². The first-order valence-corrected chi connectivity index (χ1v) is 9.22. The van der Waals surface area contributed by atoms with Gasteiger partial charge in [-0.2, -0.15) is 5.10 Å². The van der Waals surface area contributed by atoms with Crippen molar-refractivity contribution >= 4 is 5.91 Å². The number of nitrogens with zero attached hydrogens (tertiary/aromatic N) is 6. The molecule has 0 spiro atoms. The minimum Gasteiger partial charge on any atom is -0.440 e. The quantitative estimate of drug-likeness (QED) is 0.707. The van der Waals surface area contributed by atoms with Gasteiger partial charge in [-0.1, -0.05) is 0 Å². The zero-order valence-corrected chi connectivity index (χ0v) is 16.1. The van der Waals surface area contributed by atoms with Crippen molar-refractivity contribution in [2.45, 2.75) is 53.2 Å². The Balaban J connectivity index is 1.64. The molecule has 0 aliphatic carbocycles. The molecule has 8 heteroatoms. The van der Waals surface area contributed by atoms with E-state index in [-0.39, 0.29) is 11.9 Å². The summed E-state index contributed by atoms with van der Waals surface area (Å²) in [4.78, 5) is 23.3. The van der Waals surface area contributed by atoms with E-state index in [9.17, 15) is 4.79 Å². The maximum atomic E-state index is 12.8. The normalized spacial score (nSPS) is 14.0. The Kier molecular flexibility index (Phi) is 4.33. The van der Waals surface area contributed by atoms with Gasteiger partial charge in [0.25, 0.3) is 0 Å². The summed E-state index contributed by atoms with van der Waals surface area (Å²) < 4.78 is 9.63. The van der Waals surface area contributed by atoms with Crippen LogP contribution in [0.15, 0.2) is 23.0 Å². The second-order valence-corrected chi connectivity index (χ2v) is 7.26. The van der Waals surface area contributed by atoms with Gasteiger partial charge in [0, 0.05) is 49.2 Å². The Labute approximate surface area is 157 Å². The van der Waals surface area contributed by atoms with Crippen molar-refractivity contribution in [3.63, 3.8) is 0 Å². The molecule has 4 heterocycles. The lowest BCUT2D eigenvalue weighted by atomic mass is 10.0. The van der Waals surface area contributed by atoms with Gasteiger partial charge in [0.05, 0.1) is 6.20 Å². The molecule has 3 aromatic rings. The van der Waals surface area contributed by atoms with E-state index >= 15 is 0 Å². The Bertz CT molecular complexity index is 980. The third kappa shape index (κ3) is 3.15. The summed E-state index contributed by atoms with van der Waals surface area (Å²) in [5.74, 6) is 2.18. The van der Waals surface area contributed by atoms with Crippen molar-refractivity contribution in [2.24, 2.45) is 0 Å². The summed E-state index contributed by atoms with van der Waals surface area (Å²) >= 11 is 0. The number of amides is 1. The summed E-state index contributed by atoms with van der Waals surface area (Å²) in [6, 6.07) is 0.236. The van der Waals surface area contributed by atoms with Crippen LogP contribution in [0.1, 0.15) is 42.7 Å². The first kappa shape index (κ1) is 17.5. The molecule has 0 unspecified atom stereocenters. The van der Waals surface area contributed by atoms with Crippen LogP contribution in [0.4, 0.5) is 0 Å². The van der Waals surface area contributed by atoms with Crippen molar-refractivity contribution in [3.05, 3.63) is 41.4 Å². The average molecular weight is 368 g/mol. The van der Waals surface area contributed by atoms with Crippen molar-refractivity contribution < 1.29 is 9.21 Å². The molecule has 8 nitrogen and oxygen atoms in total. The van der Waals surface area contributed by atoms with E-state index in [0.29, 0.717) is 25.5 Å². The fraction of sp³-hybridized carbons (Fsp3) is 0.474. The number of hydrogen-bond acceptors (Lipinski definition) is 5. The van der Waals surface area contributed by atoms with Gasteiger partial charge in [-0.25, -0.2) is 9.97 Å². The molecule has 0 radical (unpaired) electrons. The van der Waals surface area contributed by atoms with Gasteiger partial charge in [-0.3, -0.25) is 9.48 Å². The van der Waals surface area contributed by atoms with Crippen LogP contribution in [0.2, 0.25) is 0 Å². The van der Waals surface area contributed by atoms with Crippen molar-refractivity contribution in [1.29, 1.82) is 0 Å². The molecule has 3 aromatic heterocycles. The first-order valence-electron chi connectivity index (χ1n) is 9.22. The number of imidazole rings is 1. The van der Waals surface area contributed by atoms with Gasteiger partial charge in [-0.15, -0.1) is 0 Å². The lowest BCUT2D eigenvalue weighted by Crippen LogP contribution is -2.38. The number of oxazole rings is 1. The molecule has 0 N–H and O–H groups in total. The number of fused-ring (bicyclic) bond motifs is 1. The fourth-order valence-electron chi connectivity index (χ4n) is 3.54. The summed E-state index contributed by atoms with van der Waals surface area (Å²) in [5, 5.41) is 4.77. The highest BCUT2D eigenvalue weighted by molar-refractivity contribution is 5.77. The maximum absolute atomic E-state index is 12.8. The summed E-state index contributed by atoms with van der Waals surface area (Å²) in [6.07, 6.45) is 6.02. The molecule has 0 saturated heterocycles. The number of rotatable bonds is 4. The molecule has 0 saturated carbocycles. The summed E-state index contributed by atoms with van der Waals surface area (Å²) in [7, 11) is 0. The van der Waals surface area contributed by atoms with E-state index in [0.717, 1.165) is 29.3 Å². The zero-order chi connectivity index (χ0) is 19.1. The third-order valence-corrected chi connectivity index (χ3v) is 4.98. The fourth-order valence-corrected chi connectivity index (χ4v) is 3.54. The van der Waals surface area contributed by atoms with E-state index in [4.69, 9.17) is 9.52 Å². The molecule has 142 valence electrons. The predicted octanol–water partition coefficient (Wildman–Crippen LogP) is 2.52. The van der Waals surface area contributed by atoms with Crippen LogP contribution in [0.5, 0.6) is 0 Å². The molecule has 4 rings (SSSR count). The topological polar surface area (TPSA) is 82.0 Å². The highest BCUT2D eigenvalue weighted by atomic mass is 16.4. The van der Waals surface area contributed by atoms with Crippen molar-refractivity contribution in [3.8, 4) is 11.6 Å². The second kappa shape index (κ2) is 6.68. The molecular formula is C19H24N6O2. The predicted molar refractivity (Wildman–Crippen MR) is 98.9 cm³/mol. The Hall–Kier alpha value is -2.90. The average Bonchev–Trinajstić information content (AvgIpc) is 3.33. The summed E-state index contributed by atoms with van der Waals surface area (Å²) in [6.45, 7) is 9.48. The highest BCUT2D eigenvalue weighted by Gasteiger charge is 2.30. The Morgan fingerprint density at radius 3 is 2.74 bits per heavy atom. The van der Waals surface area contributed by atoms with Crippen molar-refractivity contribution in [2.75, 3.05) is 6.54 Å². The molecule has 1 aliphatic rings. The van der Waals surface area contributed by atoms with Gasteiger partial charge in [0.2, 0.25) is 11.8 Å². The minimum atomic E-state index is 0.0774. The molecule has 0 bridgehead atoms. The van der Waals surface area contributed by atoms with Crippen LogP contribution in [-0.2, 0) is 24.3 Å². The van der Waals surface area contributed by atoms with Crippen LogP contribution in [0.25, 0.3) is 11.6 Å². The van der Waals surface area contributed by atoms with Gasteiger partial charge in [0.15, 0.2) is 5.69 Å². The van der Waals surface area contributed by atoms with E-state index in [1.165, 1.54) is 5.69 Å². The lowest BCUT2D eigenvalue weighted by molar-refractivity contribution is -0.132. The van der Waals surface area contributed by atoms with E-state index in [2.05, 4.69) is 23.8 Å². The van der Waals surface area contributed by atoms with Crippen molar-refractivity contribution in [1.82, 2.24) is 29.2 Å². The van der Waals surface area contributed by atoms with E-state index in [1.54, 1.807) is 12.4 Å². The van der Waals surface area contributed by atoms with Crippen LogP contribution >= 0.6 is 0 Å². The smallest absolute Gasteiger partial charge is 0.247 e. The third-order valence-electron chi connectivity index (χ3n) is 4.98. The second-order valence-electron chi connectivity index (χ2n) is 7.26. The van der Waals surface area contributed by atoms with Gasteiger partial charge >= 0.3 is 0 Å². The SMILES string of the molecule is Cc1cnc(-c2nn(C(C)C)c3c2CN(C(=O)Cn2ccnc2C)CC3)o1. The summed E-state index contributed by atoms with van der Waals surface area (Å²) in [5.41, 5.74) is 2.94. The Morgan fingerprint density at radius 2 is 2.11 bits per heavy atom. The number of carbonyl (C=O) groups is 1. The zero-order valence-electron chi connectivity index (χ0n) is 16.1. The first-order chi connectivity index (χ1) is 12.9. The highest BCUT2D eigenvalue weighted by Crippen LogP contribution is 2.31. The van der Waals surface area contributed by atoms with Crippen LogP contribution < -0.4 is 0 Å². The van der Waals surface area contributed by atoms with Crippen LogP contribution in [-0.4, -0.2) is 41.7 Å². The molecule has 1 aliphatic heterocycles. The minimum absolute atomic E-state index is 0.0774. The number of carbonyl (C=O) groups excluding carboxylic acids is 1. The standard InChI is InChI=1S/C19H24N6O2/c1-12(2)25-16-5-7-24(17(26)11-23-8-6-20-14(23)4)10-15(16)18(22-25)19-21-9-13(3)27-19/h6,8-9,12H,5,7,10-11H2,1-4H3. The molecule has 0 fully saturated rings. The maximum Gasteiger partial charge on any atom is 0.247 e. The molecule has 1 amide bonds. The lowest BCUT2D eigenvalue weighted by Gasteiger charge is -2.28. The van der Waals surface area contributed by atoms with E-state index < -0.39 is 0 Å². The number of aromatic nitrogens is 5. The molecule has 27 heavy (non-hydrogen) atoms. The van der Waals surface area contributed by atoms with Crippen LogP contribution in [0.3, 0.4) is 0 Å². The number of hydrogen-bond donors (Lipinski definition) is 0. The molecule has 0 atom stereocenters. The Morgan fingerprint density at radius 1 is 1.30 bits per heavy atom. The van der Waals surface area contributed by atoms with Crippen LogP contribution in [0, 0.1) is 13.8 Å².